The van der Waals surface area contributed by atoms with E-state index in [0.717, 1.165) is 12.2 Å². The molecule has 1 N–H and O–H groups in total. The predicted octanol–water partition coefficient (Wildman–Crippen LogP) is 2.88. The van der Waals surface area contributed by atoms with Crippen LogP contribution < -0.4 is 10.2 Å². The molecule has 4 aromatic rings. The molecule has 1 saturated heterocycles. The molecule has 1 aliphatic heterocycles. The number of hydrogen-bond acceptors (Lipinski definition) is 8. The summed E-state index contributed by atoms with van der Waals surface area (Å²) in [5.41, 5.74) is 2.42. The molecule has 186 valence electrons. The van der Waals surface area contributed by atoms with Crippen molar-refractivity contribution in [2.24, 2.45) is 0 Å². The Morgan fingerprint density at radius 3 is 2.81 bits per heavy atom. The molecule has 0 saturated carbocycles. The molecule has 11 heteroatoms. The molecule has 1 atom stereocenters. The largest absolute Gasteiger partial charge is 0.461 e. The maximum absolute atomic E-state index is 15.4. The summed E-state index contributed by atoms with van der Waals surface area (Å²) in [6.07, 6.45) is 8.77. The standard InChI is InChI=1S/C25H25FN6O4/c1-31(7-8-35-2)16-10-27-21(28-11-16)13-32-12-15(9-29-32)17-3-4-18-20(14-36-24(18)23(17)26)19-5-6-22(33)30-25(19)34/h3-4,9-12,14,19H,5-8,13H2,1-2H3,(H,30,33,34). The Morgan fingerprint density at radius 1 is 1.25 bits per heavy atom. The third-order valence-electron chi connectivity index (χ3n) is 6.34. The van der Waals surface area contributed by atoms with Crippen LogP contribution in [0.1, 0.15) is 30.1 Å². The number of piperidine rings is 1. The minimum absolute atomic E-state index is 0.0662. The molecule has 36 heavy (non-hydrogen) atoms. The van der Waals surface area contributed by atoms with Gasteiger partial charge in [0, 0.05) is 55.4 Å². The van der Waals surface area contributed by atoms with Crippen molar-refractivity contribution in [2.75, 3.05) is 32.2 Å². The minimum atomic E-state index is -0.553. The Hall–Kier alpha value is -4.12. The lowest BCUT2D eigenvalue weighted by molar-refractivity contribution is -0.134. The van der Waals surface area contributed by atoms with Gasteiger partial charge in [0.2, 0.25) is 11.8 Å². The molecule has 3 aromatic heterocycles. The van der Waals surface area contributed by atoms with E-state index in [4.69, 9.17) is 9.15 Å². The molecule has 1 aromatic carbocycles. The van der Waals surface area contributed by atoms with Crippen LogP contribution in [0.5, 0.6) is 0 Å². The van der Waals surface area contributed by atoms with Gasteiger partial charge in [-0.05, 0) is 12.5 Å². The van der Waals surface area contributed by atoms with Crippen molar-refractivity contribution < 1.29 is 23.1 Å². The van der Waals surface area contributed by atoms with Gasteiger partial charge in [-0.2, -0.15) is 5.10 Å². The molecule has 5 rings (SSSR count). The highest BCUT2D eigenvalue weighted by atomic mass is 19.1. The first kappa shape index (κ1) is 23.6. The topological polar surface area (TPSA) is 115 Å². The fourth-order valence-electron chi connectivity index (χ4n) is 4.29. The van der Waals surface area contributed by atoms with E-state index in [9.17, 15) is 9.59 Å². The maximum Gasteiger partial charge on any atom is 0.234 e. The molecule has 2 amide bonds. The quantitative estimate of drug-likeness (QED) is 0.374. The van der Waals surface area contributed by atoms with Crippen molar-refractivity contribution in [1.82, 2.24) is 25.1 Å². The Bertz CT molecular complexity index is 1410. The number of aromatic nitrogens is 4. The van der Waals surface area contributed by atoms with Crippen LogP contribution in [0.3, 0.4) is 0 Å². The molecular weight excluding hydrogens is 467 g/mol. The van der Waals surface area contributed by atoms with Crippen molar-refractivity contribution in [3.63, 3.8) is 0 Å². The molecule has 10 nitrogen and oxygen atoms in total. The average molecular weight is 493 g/mol. The number of furan rings is 1. The summed E-state index contributed by atoms with van der Waals surface area (Å²) in [7, 11) is 3.60. The van der Waals surface area contributed by atoms with E-state index in [1.807, 2.05) is 11.9 Å². The third kappa shape index (κ3) is 4.57. The van der Waals surface area contributed by atoms with E-state index < -0.39 is 17.6 Å². The number of likely N-dealkylation sites (N-methyl/N-ethyl adjacent to an activating group) is 1. The third-order valence-corrected chi connectivity index (χ3v) is 6.34. The van der Waals surface area contributed by atoms with Crippen LogP contribution in [-0.2, 0) is 20.9 Å². The van der Waals surface area contributed by atoms with Crippen LogP contribution in [0.15, 0.2) is 47.6 Å². The zero-order valence-electron chi connectivity index (χ0n) is 19.9. The number of carbonyl (C=O) groups excluding carboxylic acids is 2. The monoisotopic (exact) mass is 492 g/mol. The summed E-state index contributed by atoms with van der Waals surface area (Å²) < 4.78 is 27.7. The van der Waals surface area contributed by atoms with Gasteiger partial charge < -0.3 is 14.1 Å². The number of halogens is 1. The number of rotatable bonds is 8. The van der Waals surface area contributed by atoms with E-state index in [2.05, 4.69) is 20.4 Å². The van der Waals surface area contributed by atoms with E-state index in [0.29, 0.717) is 47.5 Å². The molecule has 0 aliphatic carbocycles. The van der Waals surface area contributed by atoms with Crippen LogP contribution in [-0.4, -0.2) is 58.9 Å². The molecule has 1 aliphatic rings. The number of nitrogens with one attached hydrogen (secondary N) is 1. The first-order chi connectivity index (χ1) is 17.4. The Labute approximate surface area is 206 Å². The Kier molecular flexibility index (Phi) is 6.47. The number of methoxy groups -OCH3 is 1. The van der Waals surface area contributed by atoms with Crippen molar-refractivity contribution in [1.29, 1.82) is 0 Å². The van der Waals surface area contributed by atoms with Crippen LogP contribution in [0, 0.1) is 5.82 Å². The summed E-state index contributed by atoms with van der Waals surface area (Å²) in [6, 6.07) is 3.38. The van der Waals surface area contributed by atoms with Crippen molar-refractivity contribution >= 4 is 28.5 Å². The number of fused-ring (bicyclic) bond motifs is 1. The second-order valence-electron chi connectivity index (χ2n) is 8.70. The lowest BCUT2D eigenvalue weighted by Gasteiger charge is -2.19. The highest BCUT2D eigenvalue weighted by molar-refractivity contribution is 6.03. The van der Waals surface area contributed by atoms with Gasteiger partial charge >= 0.3 is 0 Å². The van der Waals surface area contributed by atoms with E-state index in [1.54, 1.807) is 48.7 Å². The predicted molar refractivity (Wildman–Crippen MR) is 129 cm³/mol. The van der Waals surface area contributed by atoms with E-state index in [-0.39, 0.29) is 17.9 Å². The number of anilines is 1. The zero-order valence-corrected chi connectivity index (χ0v) is 19.9. The van der Waals surface area contributed by atoms with E-state index in [1.165, 1.54) is 6.26 Å². The van der Waals surface area contributed by atoms with Crippen LogP contribution in [0.4, 0.5) is 10.1 Å². The lowest BCUT2D eigenvalue weighted by Crippen LogP contribution is -2.39. The average Bonchev–Trinajstić information content (AvgIpc) is 3.51. The van der Waals surface area contributed by atoms with Gasteiger partial charge in [-0.1, -0.05) is 6.07 Å². The van der Waals surface area contributed by atoms with Gasteiger partial charge in [0.25, 0.3) is 0 Å². The van der Waals surface area contributed by atoms with Crippen molar-refractivity contribution in [3.05, 3.63) is 60.4 Å². The molecule has 0 radical (unpaired) electrons. The number of hydrogen-bond donors (Lipinski definition) is 1. The van der Waals surface area contributed by atoms with Gasteiger partial charge in [0.15, 0.2) is 11.4 Å². The first-order valence-electron chi connectivity index (χ1n) is 11.5. The summed E-state index contributed by atoms with van der Waals surface area (Å²) in [5.74, 6) is -1.21. The Morgan fingerprint density at radius 2 is 2.06 bits per heavy atom. The SMILES string of the molecule is COCCN(C)c1cnc(Cn2cc(-c3ccc4c(C5CCC(=O)NC5=O)coc4c3F)cn2)nc1. The number of benzene rings is 1. The summed E-state index contributed by atoms with van der Waals surface area (Å²) in [6.45, 7) is 1.65. The normalized spacial score (nSPS) is 15.9. The van der Waals surface area contributed by atoms with Gasteiger partial charge in [0.05, 0.1) is 43.1 Å². The number of nitrogens with zero attached hydrogens (tertiary/aromatic N) is 5. The summed E-state index contributed by atoms with van der Waals surface area (Å²) in [5, 5.41) is 7.18. The Balaban J connectivity index is 1.33. The molecule has 0 spiro atoms. The van der Waals surface area contributed by atoms with Gasteiger partial charge in [-0.3, -0.25) is 19.6 Å². The first-order valence-corrected chi connectivity index (χ1v) is 11.5. The molecular formula is C25H25FN6O4. The lowest BCUT2D eigenvalue weighted by atomic mass is 9.90. The second kappa shape index (κ2) is 9.86. The van der Waals surface area contributed by atoms with Gasteiger partial charge in [-0.25, -0.2) is 14.4 Å². The van der Waals surface area contributed by atoms with Crippen molar-refractivity contribution in [3.8, 4) is 11.1 Å². The number of ether oxygens (including phenoxy) is 1. The second-order valence-corrected chi connectivity index (χ2v) is 8.70. The van der Waals surface area contributed by atoms with Gasteiger partial charge in [0.1, 0.15) is 12.4 Å². The van der Waals surface area contributed by atoms with Crippen molar-refractivity contribution in [2.45, 2.75) is 25.3 Å². The number of amides is 2. The van der Waals surface area contributed by atoms with Gasteiger partial charge in [-0.15, -0.1) is 0 Å². The van der Waals surface area contributed by atoms with E-state index >= 15 is 4.39 Å². The van der Waals surface area contributed by atoms with Crippen LogP contribution in [0.25, 0.3) is 22.1 Å². The number of carbonyl (C=O) groups is 2. The summed E-state index contributed by atoms with van der Waals surface area (Å²) in [4.78, 5) is 34.5. The fourth-order valence-corrected chi connectivity index (χ4v) is 4.29. The summed E-state index contributed by atoms with van der Waals surface area (Å²) >= 11 is 0. The zero-order chi connectivity index (χ0) is 25.2. The fraction of sp³-hybridized carbons (Fsp3) is 0.320. The van der Waals surface area contributed by atoms with Crippen LogP contribution in [0.2, 0.25) is 0 Å². The minimum Gasteiger partial charge on any atom is -0.461 e. The van der Waals surface area contributed by atoms with Crippen LogP contribution >= 0.6 is 0 Å². The number of imide groups is 1. The molecule has 1 fully saturated rings. The highest BCUT2D eigenvalue weighted by Crippen LogP contribution is 2.36. The highest BCUT2D eigenvalue weighted by Gasteiger charge is 2.31. The molecule has 0 bridgehead atoms. The molecule has 1 unspecified atom stereocenters. The smallest absolute Gasteiger partial charge is 0.234 e. The maximum atomic E-state index is 15.4. The molecule has 4 heterocycles.